The van der Waals surface area contributed by atoms with Gasteiger partial charge in [-0.25, -0.2) is 0 Å². The zero-order valence-electron chi connectivity index (χ0n) is 22.7. The predicted octanol–water partition coefficient (Wildman–Crippen LogP) is 7.83. The molecular weight excluding hydrogens is 521 g/mol. The zero-order valence-corrected chi connectivity index (χ0v) is 24.4. The van der Waals surface area contributed by atoms with Crippen LogP contribution in [0.15, 0.2) is 132 Å². The molecule has 3 heteroatoms. The van der Waals surface area contributed by atoms with Gasteiger partial charge in [-0.15, -0.1) is 11.8 Å². The fourth-order valence-electron chi connectivity index (χ4n) is 6.95. The molecule has 1 nitrogen and oxygen atoms in total. The average molecular weight is 556 g/mol. The van der Waals surface area contributed by atoms with Gasteiger partial charge in [0, 0.05) is 28.3 Å². The van der Waals surface area contributed by atoms with Crippen LogP contribution in [-0.2, 0) is 18.3 Å². The zero-order chi connectivity index (χ0) is 26.8. The first kappa shape index (κ1) is 25.6. The van der Waals surface area contributed by atoms with Gasteiger partial charge in [0.15, 0.2) is 0 Å². The van der Waals surface area contributed by atoms with E-state index in [1.807, 2.05) is 11.8 Å². The maximum absolute atomic E-state index is 3.89. The molecule has 1 spiro atoms. The molecule has 0 amide bonds. The highest BCUT2D eigenvalue weighted by atomic mass is 32.2. The van der Waals surface area contributed by atoms with Gasteiger partial charge in [-0.1, -0.05) is 109 Å². The highest BCUT2D eigenvalue weighted by molar-refractivity contribution is 7.99. The van der Waals surface area contributed by atoms with Gasteiger partial charge in [-0.2, -0.15) is 0 Å². The Bertz CT molecular complexity index is 1560. The van der Waals surface area contributed by atoms with Crippen LogP contribution in [0.2, 0.25) is 0 Å². The lowest BCUT2D eigenvalue weighted by Gasteiger charge is -2.33. The van der Waals surface area contributed by atoms with Crippen LogP contribution in [0.25, 0.3) is 0 Å². The summed E-state index contributed by atoms with van der Waals surface area (Å²) in [5.41, 5.74) is 7.71. The topological polar surface area (TPSA) is 12.0 Å². The number of thioether (sulfide) groups is 1. The van der Waals surface area contributed by atoms with Gasteiger partial charge in [0.05, 0.1) is 0 Å². The largest absolute Gasteiger partial charge is 0.384 e. The van der Waals surface area contributed by atoms with Gasteiger partial charge in [0.2, 0.25) is 0 Å². The quantitative estimate of drug-likeness (QED) is 0.119. The second-order valence-corrected chi connectivity index (χ2v) is 14.2. The molecule has 7 rings (SSSR count). The van der Waals surface area contributed by atoms with Gasteiger partial charge in [0.25, 0.3) is 0 Å². The van der Waals surface area contributed by atoms with Crippen molar-refractivity contribution >= 4 is 41.3 Å². The summed E-state index contributed by atoms with van der Waals surface area (Å²) in [6.45, 7) is 0.960. The summed E-state index contributed by atoms with van der Waals surface area (Å²) >= 11 is 1.93. The average Bonchev–Trinajstić information content (AvgIpc) is 3.59. The van der Waals surface area contributed by atoms with Crippen LogP contribution in [0.5, 0.6) is 0 Å². The molecule has 198 valence electrons. The fraction of sp³-hybridized carbons (Fsp3) is 0.189. The van der Waals surface area contributed by atoms with E-state index in [-0.39, 0.29) is 5.41 Å². The summed E-state index contributed by atoms with van der Waals surface area (Å²) in [6, 6.07) is 47.3. The first-order valence-electron chi connectivity index (χ1n) is 14.4. The molecule has 0 heterocycles. The van der Waals surface area contributed by atoms with Gasteiger partial charge >= 0.3 is 0 Å². The summed E-state index contributed by atoms with van der Waals surface area (Å²) in [5.74, 6) is 1.05. The number of benzene rings is 5. The lowest BCUT2D eigenvalue weighted by atomic mass is 9.76. The normalized spacial score (nSPS) is 17.2. The van der Waals surface area contributed by atoms with Crippen LogP contribution in [0.1, 0.15) is 35.1 Å². The van der Waals surface area contributed by atoms with Crippen molar-refractivity contribution in [3.05, 3.63) is 150 Å². The Hall–Kier alpha value is -3.32. The molecule has 1 atom stereocenters. The third kappa shape index (κ3) is 4.68. The van der Waals surface area contributed by atoms with Crippen LogP contribution in [0.4, 0.5) is 5.69 Å². The lowest BCUT2D eigenvalue weighted by molar-refractivity contribution is 0.510. The maximum Gasteiger partial charge on any atom is 0.0384 e. The fourth-order valence-corrected chi connectivity index (χ4v) is 10.4. The molecule has 2 aliphatic carbocycles. The van der Waals surface area contributed by atoms with Crippen molar-refractivity contribution in [3.63, 3.8) is 0 Å². The summed E-state index contributed by atoms with van der Waals surface area (Å²) in [5, 5.41) is 8.30. The molecule has 1 unspecified atom stereocenters. The number of aryl methyl sites for hydroxylation is 2. The molecule has 0 aliphatic heterocycles. The van der Waals surface area contributed by atoms with Crippen LogP contribution in [0, 0.1) is 0 Å². The van der Waals surface area contributed by atoms with E-state index in [9.17, 15) is 0 Å². The van der Waals surface area contributed by atoms with Crippen LogP contribution in [-0.4, -0.2) is 12.3 Å². The maximum atomic E-state index is 3.89. The van der Waals surface area contributed by atoms with Crippen LogP contribution < -0.4 is 21.2 Å². The molecule has 2 aliphatic rings. The molecule has 0 saturated heterocycles. The van der Waals surface area contributed by atoms with Crippen molar-refractivity contribution in [3.8, 4) is 0 Å². The van der Waals surface area contributed by atoms with Crippen LogP contribution >= 0.6 is 19.7 Å². The van der Waals surface area contributed by atoms with E-state index in [1.165, 1.54) is 39.6 Å². The van der Waals surface area contributed by atoms with Crippen molar-refractivity contribution in [2.24, 2.45) is 0 Å². The SMILES string of the molecule is c1ccc(SCCNc2cccc3c2C2(CC3)CCc3cccc(P(c4ccccc4)c4ccccc4)c32)cc1. The van der Waals surface area contributed by atoms with Crippen molar-refractivity contribution in [2.75, 3.05) is 17.6 Å². The van der Waals surface area contributed by atoms with Crippen molar-refractivity contribution in [1.82, 2.24) is 0 Å². The number of rotatable bonds is 8. The second kappa shape index (κ2) is 11.3. The number of fused-ring (bicyclic) bond motifs is 4. The molecule has 0 bridgehead atoms. The predicted molar refractivity (Wildman–Crippen MR) is 175 cm³/mol. The molecule has 40 heavy (non-hydrogen) atoms. The Balaban J connectivity index is 1.29. The monoisotopic (exact) mass is 555 g/mol. The van der Waals surface area contributed by atoms with E-state index in [2.05, 4.69) is 133 Å². The van der Waals surface area contributed by atoms with E-state index in [0.29, 0.717) is 0 Å². The first-order chi connectivity index (χ1) is 19.8. The van der Waals surface area contributed by atoms with Gasteiger partial charge in [-0.05, 0) is 90.0 Å². The van der Waals surface area contributed by atoms with Crippen molar-refractivity contribution < 1.29 is 0 Å². The third-order valence-corrected chi connectivity index (χ3v) is 12.1. The van der Waals surface area contributed by atoms with Gasteiger partial charge in [-0.3, -0.25) is 0 Å². The second-order valence-electron chi connectivity index (χ2n) is 10.8. The van der Waals surface area contributed by atoms with Crippen LogP contribution in [0.3, 0.4) is 0 Å². The van der Waals surface area contributed by atoms with E-state index >= 15 is 0 Å². The number of hydrogen-bond donors (Lipinski definition) is 1. The third-order valence-electron chi connectivity index (χ3n) is 8.58. The number of nitrogens with one attached hydrogen (secondary N) is 1. The molecule has 0 aromatic heterocycles. The highest BCUT2D eigenvalue weighted by Gasteiger charge is 2.48. The Morgan fingerprint density at radius 3 is 1.82 bits per heavy atom. The van der Waals surface area contributed by atoms with Crippen molar-refractivity contribution in [1.29, 1.82) is 0 Å². The van der Waals surface area contributed by atoms with Crippen molar-refractivity contribution in [2.45, 2.75) is 36.0 Å². The first-order valence-corrected chi connectivity index (χ1v) is 16.7. The van der Waals surface area contributed by atoms with E-state index in [0.717, 1.165) is 25.1 Å². The number of hydrogen-bond acceptors (Lipinski definition) is 2. The Kier molecular flexibility index (Phi) is 7.23. The van der Waals surface area contributed by atoms with Gasteiger partial charge < -0.3 is 5.32 Å². The van der Waals surface area contributed by atoms with E-state index in [1.54, 1.807) is 22.0 Å². The summed E-state index contributed by atoms with van der Waals surface area (Å²) < 4.78 is 0. The Labute approximate surface area is 243 Å². The molecule has 0 fully saturated rings. The molecular formula is C37H34NPS. The standard InChI is InChI=1S/C37H34NPS/c1-4-14-30(15-5-1)39(31-16-6-2-7-17-31)34-21-11-13-29-23-25-37(36(29)34)24-22-28-12-10-20-33(35(28)37)38-26-27-40-32-18-8-3-9-19-32/h1-21,38H,22-27H2. The summed E-state index contributed by atoms with van der Waals surface area (Å²) in [4.78, 5) is 1.34. The molecule has 1 N–H and O–H groups in total. The smallest absolute Gasteiger partial charge is 0.0384 e. The Morgan fingerprint density at radius 1 is 0.600 bits per heavy atom. The molecule has 0 saturated carbocycles. The van der Waals surface area contributed by atoms with Gasteiger partial charge in [0.1, 0.15) is 0 Å². The molecule has 5 aromatic carbocycles. The van der Waals surface area contributed by atoms with E-state index < -0.39 is 7.92 Å². The minimum absolute atomic E-state index is 0.0849. The lowest BCUT2D eigenvalue weighted by Crippen LogP contribution is -2.32. The minimum Gasteiger partial charge on any atom is -0.384 e. The molecule has 0 radical (unpaired) electrons. The number of anilines is 1. The highest BCUT2D eigenvalue weighted by Crippen LogP contribution is 2.56. The van der Waals surface area contributed by atoms with E-state index in [4.69, 9.17) is 0 Å². The summed E-state index contributed by atoms with van der Waals surface area (Å²) in [7, 11) is -0.653. The minimum atomic E-state index is -0.653. The Morgan fingerprint density at radius 2 is 1.18 bits per heavy atom. The molecule has 5 aromatic rings. The summed E-state index contributed by atoms with van der Waals surface area (Å²) in [6.07, 6.45) is 4.73.